The molecule has 6 heteroatoms. The van der Waals surface area contributed by atoms with E-state index in [9.17, 15) is 4.79 Å². The highest BCUT2D eigenvalue weighted by Crippen LogP contribution is 2.35. The van der Waals surface area contributed by atoms with Crippen molar-refractivity contribution in [2.24, 2.45) is 0 Å². The predicted molar refractivity (Wildman–Crippen MR) is 108 cm³/mol. The Labute approximate surface area is 161 Å². The number of benzene rings is 2. The second-order valence-corrected chi connectivity index (χ2v) is 6.72. The Morgan fingerprint density at radius 3 is 2.93 bits per heavy atom. The molecule has 2 aromatic carbocycles. The van der Waals surface area contributed by atoms with Crippen LogP contribution in [0.2, 0.25) is 5.02 Å². The van der Waals surface area contributed by atoms with Gasteiger partial charge in [-0.25, -0.2) is 4.98 Å². The number of para-hydroxylation sites is 1. The summed E-state index contributed by atoms with van der Waals surface area (Å²) in [5.41, 5.74) is 2.46. The quantitative estimate of drug-likeness (QED) is 0.671. The van der Waals surface area contributed by atoms with Crippen LogP contribution in [0, 0.1) is 0 Å². The molecule has 0 saturated carbocycles. The van der Waals surface area contributed by atoms with Gasteiger partial charge in [0.15, 0.2) is 11.5 Å². The zero-order chi connectivity index (χ0) is 19.0. The number of aromatic nitrogens is 2. The van der Waals surface area contributed by atoms with Crippen LogP contribution < -0.4 is 15.0 Å². The van der Waals surface area contributed by atoms with Crippen molar-refractivity contribution in [1.82, 2.24) is 9.55 Å². The molecule has 0 fully saturated rings. The molecule has 27 heavy (non-hydrogen) atoms. The van der Waals surface area contributed by atoms with Crippen LogP contribution in [0.4, 0.5) is 0 Å². The lowest BCUT2D eigenvalue weighted by atomic mass is 10.1. The Balaban J connectivity index is 1.87. The summed E-state index contributed by atoms with van der Waals surface area (Å²) in [6.45, 7) is 3.10. The van der Waals surface area contributed by atoms with Gasteiger partial charge in [0.2, 0.25) is 0 Å². The minimum absolute atomic E-state index is 0.0369. The summed E-state index contributed by atoms with van der Waals surface area (Å²) in [6, 6.07) is 10.9. The fourth-order valence-electron chi connectivity index (χ4n) is 3.45. The van der Waals surface area contributed by atoms with E-state index in [0.717, 1.165) is 17.6 Å². The lowest BCUT2D eigenvalue weighted by Gasteiger charge is -2.12. The van der Waals surface area contributed by atoms with Gasteiger partial charge < -0.3 is 9.47 Å². The summed E-state index contributed by atoms with van der Waals surface area (Å²) in [7, 11) is 1.63. The lowest BCUT2D eigenvalue weighted by molar-refractivity contribution is 0.310. The van der Waals surface area contributed by atoms with Crippen molar-refractivity contribution in [2.75, 3.05) is 13.7 Å². The van der Waals surface area contributed by atoms with Gasteiger partial charge in [-0.1, -0.05) is 23.7 Å². The zero-order valence-corrected chi connectivity index (χ0v) is 15.9. The number of ether oxygens (including phenoxy) is 2. The summed E-state index contributed by atoms with van der Waals surface area (Å²) in [5, 5.41) is 1.15. The first-order valence-corrected chi connectivity index (χ1v) is 9.21. The third-order valence-electron chi connectivity index (χ3n) is 4.65. The van der Waals surface area contributed by atoms with Crippen LogP contribution >= 0.6 is 11.6 Å². The molecule has 3 aromatic rings. The number of methoxy groups -OCH3 is 1. The number of fused-ring (bicyclic) bond motifs is 2. The number of nitrogens with zero attached hydrogens (tertiary/aromatic N) is 2. The summed E-state index contributed by atoms with van der Waals surface area (Å²) in [6.07, 6.45) is 2.75. The van der Waals surface area contributed by atoms with Crippen LogP contribution in [0.3, 0.4) is 0 Å². The van der Waals surface area contributed by atoms with Crippen molar-refractivity contribution < 1.29 is 9.47 Å². The molecule has 0 N–H and O–H groups in total. The second-order valence-electron chi connectivity index (χ2n) is 6.28. The SMILES string of the molecule is CCOc1cccc(/C=C2\CCn3c2nc2cc(Cl)ccc2c3=O)c1OC. The summed E-state index contributed by atoms with van der Waals surface area (Å²) in [4.78, 5) is 17.5. The van der Waals surface area contributed by atoms with Crippen molar-refractivity contribution in [1.29, 1.82) is 0 Å². The van der Waals surface area contributed by atoms with E-state index in [1.807, 2.05) is 31.2 Å². The Bertz CT molecular complexity index is 1120. The predicted octanol–water partition coefficient (Wildman–Crippen LogP) is 4.40. The molecule has 0 unspecified atom stereocenters. The molecule has 0 amide bonds. The van der Waals surface area contributed by atoms with Gasteiger partial charge in [0.25, 0.3) is 5.56 Å². The largest absolute Gasteiger partial charge is 0.492 e. The maximum atomic E-state index is 12.8. The fourth-order valence-corrected chi connectivity index (χ4v) is 3.62. The zero-order valence-electron chi connectivity index (χ0n) is 15.2. The van der Waals surface area contributed by atoms with Crippen molar-refractivity contribution in [2.45, 2.75) is 19.9 Å². The molecule has 0 spiro atoms. The first kappa shape index (κ1) is 17.6. The number of hydrogen-bond donors (Lipinski definition) is 0. The van der Waals surface area contributed by atoms with Crippen LogP contribution in [-0.2, 0) is 6.54 Å². The second kappa shape index (κ2) is 7.08. The molecule has 0 bridgehead atoms. The Morgan fingerprint density at radius 1 is 1.30 bits per heavy atom. The Hall–Kier alpha value is -2.79. The standard InChI is InChI=1S/C21H19ClN2O3/c1-3-27-18-6-4-5-13(19(18)26-2)11-14-9-10-24-20(14)23-17-12-15(22)7-8-16(17)21(24)25/h4-8,11-12H,3,9-10H2,1-2H3/b14-11+. The van der Waals surface area contributed by atoms with E-state index in [-0.39, 0.29) is 5.56 Å². The third kappa shape index (κ3) is 3.08. The van der Waals surface area contributed by atoms with Gasteiger partial charge in [-0.05, 0) is 49.3 Å². The monoisotopic (exact) mass is 382 g/mol. The van der Waals surface area contributed by atoms with E-state index in [2.05, 4.69) is 0 Å². The van der Waals surface area contributed by atoms with Gasteiger partial charge in [-0.3, -0.25) is 9.36 Å². The summed E-state index contributed by atoms with van der Waals surface area (Å²) < 4.78 is 12.9. The van der Waals surface area contributed by atoms with Crippen LogP contribution in [-0.4, -0.2) is 23.3 Å². The molecule has 138 valence electrons. The first-order valence-electron chi connectivity index (χ1n) is 8.83. The van der Waals surface area contributed by atoms with Gasteiger partial charge >= 0.3 is 0 Å². The van der Waals surface area contributed by atoms with Crippen molar-refractivity contribution in [3.05, 3.63) is 63.2 Å². The van der Waals surface area contributed by atoms with Crippen LogP contribution in [0.25, 0.3) is 22.6 Å². The summed E-state index contributed by atoms with van der Waals surface area (Å²) >= 11 is 6.08. The molecular formula is C21H19ClN2O3. The van der Waals surface area contributed by atoms with E-state index < -0.39 is 0 Å². The average Bonchev–Trinajstić information content (AvgIpc) is 3.05. The highest BCUT2D eigenvalue weighted by Gasteiger charge is 2.22. The average molecular weight is 383 g/mol. The van der Waals surface area contributed by atoms with E-state index >= 15 is 0 Å². The smallest absolute Gasteiger partial charge is 0.261 e. The van der Waals surface area contributed by atoms with E-state index in [1.54, 1.807) is 29.9 Å². The molecule has 2 heterocycles. The van der Waals surface area contributed by atoms with E-state index in [1.165, 1.54) is 0 Å². The molecule has 5 nitrogen and oxygen atoms in total. The topological polar surface area (TPSA) is 53.4 Å². The van der Waals surface area contributed by atoms with Crippen molar-refractivity contribution >= 4 is 34.2 Å². The lowest BCUT2D eigenvalue weighted by Crippen LogP contribution is -2.20. The number of allylic oxidation sites excluding steroid dienone is 1. The number of rotatable bonds is 4. The molecule has 0 radical (unpaired) electrons. The van der Waals surface area contributed by atoms with Gasteiger partial charge in [0.05, 0.1) is 24.6 Å². The van der Waals surface area contributed by atoms with Crippen molar-refractivity contribution in [3.63, 3.8) is 0 Å². The maximum Gasteiger partial charge on any atom is 0.261 e. The molecular weight excluding hydrogens is 364 g/mol. The minimum Gasteiger partial charge on any atom is -0.492 e. The Kier molecular flexibility index (Phi) is 4.62. The van der Waals surface area contributed by atoms with Crippen LogP contribution in [0.15, 0.2) is 41.2 Å². The molecule has 0 saturated heterocycles. The van der Waals surface area contributed by atoms with Gasteiger partial charge in [0.1, 0.15) is 5.82 Å². The van der Waals surface area contributed by atoms with Crippen LogP contribution in [0.5, 0.6) is 11.5 Å². The van der Waals surface area contributed by atoms with Crippen LogP contribution in [0.1, 0.15) is 24.7 Å². The highest BCUT2D eigenvalue weighted by molar-refractivity contribution is 6.31. The molecule has 0 atom stereocenters. The molecule has 1 aliphatic heterocycles. The number of halogens is 1. The summed E-state index contributed by atoms with van der Waals surface area (Å²) in [5.74, 6) is 2.05. The molecule has 1 aliphatic rings. The maximum absolute atomic E-state index is 12.8. The fraction of sp³-hybridized carbons (Fsp3) is 0.238. The van der Waals surface area contributed by atoms with Gasteiger partial charge in [0, 0.05) is 17.1 Å². The molecule has 0 aliphatic carbocycles. The van der Waals surface area contributed by atoms with Gasteiger partial charge in [-0.15, -0.1) is 0 Å². The van der Waals surface area contributed by atoms with Crippen molar-refractivity contribution in [3.8, 4) is 11.5 Å². The normalized spacial score (nSPS) is 14.6. The third-order valence-corrected chi connectivity index (χ3v) is 4.89. The van der Waals surface area contributed by atoms with E-state index in [0.29, 0.717) is 46.4 Å². The molecule has 1 aromatic heterocycles. The minimum atomic E-state index is -0.0369. The number of hydrogen-bond acceptors (Lipinski definition) is 4. The molecule has 4 rings (SSSR count). The Morgan fingerprint density at radius 2 is 2.15 bits per heavy atom. The van der Waals surface area contributed by atoms with E-state index in [4.69, 9.17) is 26.1 Å². The first-order chi connectivity index (χ1) is 13.1. The van der Waals surface area contributed by atoms with Gasteiger partial charge in [-0.2, -0.15) is 0 Å². The highest BCUT2D eigenvalue weighted by atomic mass is 35.5.